The van der Waals surface area contributed by atoms with Gasteiger partial charge in [0.1, 0.15) is 137 Å². The Labute approximate surface area is 883 Å². The van der Waals surface area contributed by atoms with Crippen molar-refractivity contribution < 1.29 is 129 Å². The zero-order valence-electron chi connectivity index (χ0n) is 91.8. The summed E-state index contributed by atoms with van der Waals surface area (Å²) < 4.78 is 37.0. The van der Waals surface area contributed by atoms with Crippen LogP contribution in [0.25, 0.3) is 11.1 Å². The molecule has 0 aromatic heterocycles. The molecule has 26 nitrogen and oxygen atoms in total. The van der Waals surface area contributed by atoms with Crippen LogP contribution in [-0.2, 0) is 31.3 Å². The number of hydrogen-bond acceptors (Lipinski definition) is 20. The maximum atomic E-state index is 12.1. The number of allylic oxidation sites excluding steroid dienone is 8. The molecule has 0 bridgehead atoms. The van der Waals surface area contributed by atoms with E-state index in [1.807, 2.05) is 72.7 Å². The highest BCUT2D eigenvalue weighted by molar-refractivity contribution is 6.00. The molecule has 7 aromatic carbocycles. The Balaban J connectivity index is 0.000000150. The van der Waals surface area contributed by atoms with Crippen LogP contribution in [0.5, 0.6) is 69.0 Å². The van der Waals surface area contributed by atoms with E-state index in [0.717, 1.165) is 156 Å². The number of aliphatic hydroxyl groups is 2. The topological polar surface area (TPSA) is 441 Å². The van der Waals surface area contributed by atoms with Gasteiger partial charge in [-0.1, -0.05) is 162 Å². The van der Waals surface area contributed by atoms with Crippen LogP contribution >= 0.6 is 0 Å². The normalized spacial score (nSPS) is 24.5. The molecule has 0 unspecified atom stereocenters. The van der Waals surface area contributed by atoms with Gasteiger partial charge in [0.15, 0.2) is 0 Å². The molecule has 0 spiro atoms. The fourth-order valence-corrected chi connectivity index (χ4v) is 25.8. The first-order chi connectivity index (χ1) is 70.3. The van der Waals surface area contributed by atoms with Crippen molar-refractivity contribution >= 4 is 35.8 Å². The quantitative estimate of drug-likeness (QED) is 0.0197. The van der Waals surface area contributed by atoms with E-state index in [-0.39, 0.29) is 144 Å². The number of hydrogen-bond donors (Lipinski definition) is 14. The SMILES string of the molecule is C=C(C)[C@@H]1CC[C@](C)(O)[C@H]2Oc3c(C(=O)O)c(CCCCC)cc(O)c3[C@@H]12.C=C(C)[C@@H]1CC[C@](C)(O)[C@H]2Oc3cc(CCCCC)c(C(=O)O)c(O)c3[C@@H]12.CC1=C[C@H]2c3c(O)cc(C)c(C(=O)O)c3OC(C)(C)[C@@H]2CC1.CC1=C[C@H]2c3c(cc(C)c(C(=O)O)c3O)OC(C)(C)[C@@H]2CC1.CCCCCc1cc2c(c(O)c1C(=O)O)-c1cc(C)ccc1C(C)(C)O2.CCCCCc1cc2c(c(O)c1C(=O)O)[C@@H]1CC(C)=CC[C@H]1C(C)(C)O2. The third-order valence-corrected chi connectivity index (χ3v) is 33.6. The van der Waals surface area contributed by atoms with Gasteiger partial charge < -0.3 is 99.9 Å². The summed E-state index contributed by atoms with van der Waals surface area (Å²) in [6, 6.07) is 16.3. The van der Waals surface area contributed by atoms with Crippen LogP contribution in [0.15, 0.2) is 114 Å². The lowest BCUT2D eigenvalue weighted by atomic mass is 9.66. The lowest BCUT2D eigenvalue weighted by molar-refractivity contribution is -0.0827. The smallest absolute Gasteiger partial charge is 0.339 e. The van der Waals surface area contributed by atoms with E-state index in [1.165, 1.54) is 16.7 Å². The molecule has 2 saturated carbocycles. The lowest BCUT2D eigenvalue weighted by Crippen LogP contribution is -2.50. The minimum Gasteiger partial charge on any atom is -0.508 e. The number of benzene rings is 7. The number of phenols is 6. The summed E-state index contributed by atoms with van der Waals surface area (Å²) in [7, 11) is 0. The number of ether oxygens (including phenoxy) is 6. The Morgan fingerprint density at radius 3 is 1.28 bits per heavy atom. The predicted octanol–water partition coefficient (Wildman–Crippen LogP) is 27.7. The average Bonchev–Trinajstić information content (AvgIpc) is 1.35. The molecular weight excluding hydrogens is 1910 g/mol. The molecule has 26 heteroatoms. The van der Waals surface area contributed by atoms with E-state index in [9.17, 15) is 100 Å². The number of unbranched alkanes of at least 4 members (excludes halogenated alkanes) is 8. The van der Waals surface area contributed by atoms with E-state index >= 15 is 0 Å². The monoisotopic (exact) mass is 2070 g/mol. The molecule has 11 aliphatic rings. The van der Waals surface area contributed by atoms with E-state index in [1.54, 1.807) is 58.0 Å². The molecule has 6 heterocycles. The molecule has 7 aromatic rings. The maximum Gasteiger partial charge on any atom is 0.339 e. The van der Waals surface area contributed by atoms with Gasteiger partial charge in [0.25, 0.3) is 0 Å². The predicted molar refractivity (Wildman–Crippen MR) is 579 cm³/mol. The Morgan fingerprint density at radius 2 is 0.800 bits per heavy atom. The van der Waals surface area contributed by atoms with E-state index in [0.29, 0.717) is 134 Å². The second-order valence-corrected chi connectivity index (χ2v) is 46.6. The van der Waals surface area contributed by atoms with Gasteiger partial charge in [0, 0.05) is 80.7 Å². The first kappa shape index (κ1) is 115. The summed E-state index contributed by atoms with van der Waals surface area (Å²) in [6.07, 6.45) is 27.9. The van der Waals surface area contributed by atoms with Crippen LogP contribution in [0.4, 0.5) is 0 Å². The highest BCUT2D eigenvalue weighted by Crippen LogP contribution is 2.64. The van der Waals surface area contributed by atoms with Crippen molar-refractivity contribution in [3.05, 3.63) is 220 Å². The molecule has 2 fully saturated rings. The molecule has 5 aliphatic carbocycles. The van der Waals surface area contributed by atoms with Gasteiger partial charge in [0.2, 0.25) is 0 Å². The minimum absolute atomic E-state index is 0.00406. The number of carbonyl (C=O) groups is 6. The van der Waals surface area contributed by atoms with Crippen molar-refractivity contribution in [1.82, 2.24) is 0 Å². The average molecular weight is 2070 g/mol. The van der Waals surface area contributed by atoms with Gasteiger partial charge in [-0.3, -0.25) is 0 Å². The van der Waals surface area contributed by atoms with E-state index in [2.05, 4.69) is 108 Å². The fraction of sp³-hybridized carbons (Fsp3) is 0.532. The molecule has 0 radical (unpaired) electrons. The summed E-state index contributed by atoms with van der Waals surface area (Å²) in [5, 5.41) is 144. The molecule has 0 saturated heterocycles. The Bertz CT molecular complexity index is 6440. The van der Waals surface area contributed by atoms with Gasteiger partial charge in [-0.05, 0) is 327 Å². The van der Waals surface area contributed by atoms with E-state index in [4.69, 9.17) is 28.4 Å². The van der Waals surface area contributed by atoms with Crippen molar-refractivity contribution in [2.24, 2.45) is 29.6 Å². The summed E-state index contributed by atoms with van der Waals surface area (Å²) in [4.78, 5) is 70.9. The summed E-state index contributed by atoms with van der Waals surface area (Å²) in [6.45, 7) is 51.9. The molecule has 18 rings (SSSR count). The van der Waals surface area contributed by atoms with Crippen LogP contribution in [0.2, 0.25) is 0 Å². The number of phenolic OH excluding ortho intramolecular Hbond substituents is 2. The van der Waals surface area contributed by atoms with Crippen LogP contribution in [-0.4, -0.2) is 148 Å². The second-order valence-electron chi connectivity index (χ2n) is 46.6. The summed E-state index contributed by atoms with van der Waals surface area (Å²) in [5.41, 5.74) is 12.1. The molecule has 14 atom stereocenters. The number of aromatic hydroxyl groups is 6. The van der Waals surface area contributed by atoms with Crippen molar-refractivity contribution in [3.63, 3.8) is 0 Å². The molecule has 150 heavy (non-hydrogen) atoms. The van der Waals surface area contributed by atoms with Crippen LogP contribution in [0, 0.1) is 50.4 Å². The molecule has 812 valence electrons. The number of fused-ring (bicyclic) bond motifs is 18. The van der Waals surface area contributed by atoms with E-state index < -0.39 is 70.4 Å². The first-order valence-corrected chi connectivity index (χ1v) is 54.0. The Morgan fingerprint density at radius 1 is 0.393 bits per heavy atom. The number of aryl methyl sites for hydroxylation is 7. The Hall–Kier alpha value is -12.4. The van der Waals surface area contributed by atoms with Gasteiger partial charge in [-0.2, -0.15) is 0 Å². The van der Waals surface area contributed by atoms with Crippen LogP contribution in [0.3, 0.4) is 0 Å². The first-order valence-electron chi connectivity index (χ1n) is 54.0. The Kier molecular flexibility index (Phi) is 34.6. The van der Waals surface area contributed by atoms with Crippen LogP contribution < -0.4 is 28.4 Å². The maximum absolute atomic E-state index is 12.1. The number of carboxylic acids is 6. The molecular formula is C124H160O26. The zero-order chi connectivity index (χ0) is 110. The summed E-state index contributed by atoms with van der Waals surface area (Å²) >= 11 is 0. The van der Waals surface area contributed by atoms with Gasteiger partial charge in [-0.15, -0.1) is 0 Å². The number of aromatic carboxylic acids is 6. The van der Waals surface area contributed by atoms with Crippen molar-refractivity contribution in [1.29, 1.82) is 0 Å². The number of rotatable bonds is 24. The molecule has 6 aliphatic heterocycles. The third kappa shape index (κ3) is 22.9. The number of carboxylic acid groups (broad SMARTS) is 6. The molecule has 14 N–H and O–H groups in total. The van der Waals surface area contributed by atoms with Gasteiger partial charge in [0.05, 0.1) is 16.8 Å². The largest absolute Gasteiger partial charge is 0.508 e. The standard InChI is InChI=1S/2C22H30O5.C22H30O4.C22H26O4.2C18H22O4/c1-5-6-7-8-13-11-15-18(19(23)16(13)21(24)25)17-14(12(2)3)9-10-22(4,26)20(17)27-15;1-5-6-7-8-13-11-15(23)18-17-14(12(2)3)9-10-22(4,26)20(17)27-19(18)16(13)21(24)25;2*1-5-6-7-8-14-12-17-19(20(23)18(14)21(24)25)15-11-13(2)9-10-16(15)22(3,4)26-17;1-9-5-6-12-11(7-9)15-13(22-18(12,3)4)8-10(2)14(16(15)19)17(20)21;1-9-5-6-12-11(7-9)15-13(19)8-10(2)14(17(20)21)16(15)22-18(12,3)4/h2*11,14,17,20,23,26H,2,5-10H2,1,3-4H3,(H,24,25);9,12,15-16,23H,5-8,10-11H2,1-4H3,(H,24,25);9-12,23H,5-8H2,1-4H3,(H,24,25);2*7-8,11-12,19H,5-6H2,1-4H3,(H,20,21)/t2*14-,17+,20-,22-;15-,16-;;2*11-,12-/m001.11/s1. The van der Waals surface area contributed by atoms with Crippen molar-refractivity contribution in [2.45, 2.75) is 395 Å². The van der Waals surface area contributed by atoms with Gasteiger partial charge >= 0.3 is 35.8 Å². The summed E-state index contributed by atoms with van der Waals surface area (Å²) in [5.74, 6) is -3.65. The second kappa shape index (κ2) is 45.2. The van der Waals surface area contributed by atoms with Crippen molar-refractivity contribution in [3.8, 4) is 80.1 Å². The highest BCUT2D eigenvalue weighted by Gasteiger charge is 2.58. The minimum atomic E-state index is -1.13. The zero-order valence-corrected chi connectivity index (χ0v) is 91.8. The lowest BCUT2D eigenvalue weighted by Gasteiger charge is -2.47. The molecule has 0 amide bonds. The fourth-order valence-electron chi connectivity index (χ4n) is 25.8. The van der Waals surface area contributed by atoms with Crippen molar-refractivity contribution in [2.75, 3.05) is 0 Å². The third-order valence-electron chi connectivity index (χ3n) is 33.6. The van der Waals surface area contributed by atoms with Gasteiger partial charge in [-0.25, -0.2) is 28.8 Å². The van der Waals surface area contributed by atoms with Crippen LogP contribution in [0.1, 0.15) is 437 Å². The highest BCUT2D eigenvalue weighted by atomic mass is 16.5.